The van der Waals surface area contributed by atoms with Crippen LogP contribution < -0.4 is 10.6 Å². The molecule has 0 saturated carbocycles. The first-order valence-electron chi connectivity index (χ1n) is 8.61. The number of hydrogen-bond donors (Lipinski definition) is 2. The van der Waals surface area contributed by atoms with Gasteiger partial charge < -0.3 is 15.5 Å². The molecule has 2 fully saturated rings. The molecular formula is C18H25BrClN3O2. The number of piperidine rings is 1. The summed E-state index contributed by atoms with van der Waals surface area (Å²) in [6.45, 7) is 4.99. The van der Waals surface area contributed by atoms with E-state index in [1.165, 1.54) is 0 Å². The van der Waals surface area contributed by atoms with Gasteiger partial charge in [0.15, 0.2) is 0 Å². The van der Waals surface area contributed by atoms with Crippen LogP contribution in [0.25, 0.3) is 0 Å². The summed E-state index contributed by atoms with van der Waals surface area (Å²) >= 11 is 3.43. The van der Waals surface area contributed by atoms with Crippen molar-refractivity contribution in [3.8, 4) is 0 Å². The summed E-state index contributed by atoms with van der Waals surface area (Å²) in [7, 11) is 0. The molecule has 25 heavy (non-hydrogen) atoms. The van der Waals surface area contributed by atoms with Crippen molar-refractivity contribution in [2.45, 2.75) is 32.2 Å². The average Bonchev–Trinajstić information content (AvgIpc) is 3.07. The van der Waals surface area contributed by atoms with Gasteiger partial charge in [-0.25, -0.2) is 0 Å². The Morgan fingerprint density at radius 2 is 2.12 bits per heavy atom. The molecule has 1 aromatic rings. The Hall–Kier alpha value is -1.11. The molecule has 0 aliphatic carbocycles. The third-order valence-electron chi connectivity index (χ3n) is 4.90. The zero-order valence-electron chi connectivity index (χ0n) is 14.4. The molecule has 0 spiro atoms. The zero-order chi connectivity index (χ0) is 17.1. The summed E-state index contributed by atoms with van der Waals surface area (Å²) in [5.41, 5.74) is 1.68. The molecule has 2 unspecified atom stereocenters. The maximum Gasteiger partial charge on any atom is 0.254 e. The van der Waals surface area contributed by atoms with E-state index in [-0.39, 0.29) is 36.2 Å². The van der Waals surface area contributed by atoms with Crippen LogP contribution in [0.2, 0.25) is 0 Å². The molecule has 2 amide bonds. The first-order valence-corrected chi connectivity index (χ1v) is 9.40. The molecular weight excluding hydrogens is 406 g/mol. The van der Waals surface area contributed by atoms with Crippen molar-refractivity contribution in [1.82, 2.24) is 15.5 Å². The first kappa shape index (κ1) is 20.2. The van der Waals surface area contributed by atoms with Gasteiger partial charge in [-0.05, 0) is 56.5 Å². The van der Waals surface area contributed by atoms with Crippen molar-refractivity contribution in [2.75, 3.05) is 26.2 Å². The van der Waals surface area contributed by atoms with Crippen molar-refractivity contribution in [3.63, 3.8) is 0 Å². The highest BCUT2D eigenvalue weighted by Crippen LogP contribution is 2.22. The normalized spacial score (nSPS) is 23.0. The fourth-order valence-electron chi connectivity index (χ4n) is 3.51. The Balaban J connectivity index is 0.00000225. The van der Waals surface area contributed by atoms with Gasteiger partial charge in [0.1, 0.15) is 0 Å². The Labute approximate surface area is 163 Å². The number of nitrogens with zero attached hydrogens (tertiary/aromatic N) is 1. The Bertz CT molecular complexity index is 635. The molecule has 2 atom stereocenters. The van der Waals surface area contributed by atoms with Gasteiger partial charge in [0, 0.05) is 35.7 Å². The lowest BCUT2D eigenvalue weighted by molar-refractivity contribution is -0.126. The molecule has 3 rings (SSSR count). The van der Waals surface area contributed by atoms with E-state index in [9.17, 15) is 9.59 Å². The predicted octanol–water partition coefficient (Wildman–Crippen LogP) is 2.51. The standard InChI is InChI=1S/C18H24BrN3O2.ClH/c1-12-9-14(19)4-5-16(12)18(24)22-8-2-3-13(11-22)17(23)21-15-6-7-20-10-15;/h4-5,9,13,15,20H,2-3,6-8,10-11H2,1H3,(H,21,23);1H. The van der Waals surface area contributed by atoms with Gasteiger partial charge in [-0.2, -0.15) is 0 Å². The molecule has 2 aliphatic rings. The summed E-state index contributed by atoms with van der Waals surface area (Å²) in [6.07, 6.45) is 2.72. The highest BCUT2D eigenvalue weighted by molar-refractivity contribution is 9.10. The fraction of sp³-hybridized carbons (Fsp3) is 0.556. The minimum absolute atomic E-state index is 0. The largest absolute Gasteiger partial charge is 0.352 e. The van der Waals surface area contributed by atoms with Gasteiger partial charge in [-0.15, -0.1) is 12.4 Å². The molecule has 2 heterocycles. The van der Waals surface area contributed by atoms with E-state index >= 15 is 0 Å². The molecule has 138 valence electrons. The van der Waals surface area contributed by atoms with Crippen molar-refractivity contribution < 1.29 is 9.59 Å². The van der Waals surface area contributed by atoms with E-state index in [0.29, 0.717) is 6.54 Å². The van der Waals surface area contributed by atoms with Gasteiger partial charge in [-0.3, -0.25) is 9.59 Å². The number of carbonyl (C=O) groups is 2. The number of hydrogen-bond acceptors (Lipinski definition) is 3. The number of nitrogens with one attached hydrogen (secondary N) is 2. The summed E-state index contributed by atoms with van der Waals surface area (Å²) < 4.78 is 0.970. The minimum atomic E-state index is -0.0981. The zero-order valence-corrected chi connectivity index (χ0v) is 16.8. The Morgan fingerprint density at radius 3 is 2.80 bits per heavy atom. The molecule has 0 bridgehead atoms. The minimum Gasteiger partial charge on any atom is -0.352 e. The highest BCUT2D eigenvalue weighted by Gasteiger charge is 2.30. The van der Waals surface area contributed by atoms with Crippen LogP contribution in [0, 0.1) is 12.8 Å². The Morgan fingerprint density at radius 1 is 1.32 bits per heavy atom. The van der Waals surface area contributed by atoms with Crippen LogP contribution in [0.4, 0.5) is 0 Å². The molecule has 2 saturated heterocycles. The lowest BCUT2D eigenvalue weighted by Gasteiger charge is -2.33. The third-order valence-corrected chi connectivity index (χ3v) is 5.40. The van der Waals surface area contributed by atoms with Crippen LogP contribution >= 0.6 is 28.3 Å². The van der Waals surface area contributed by atoms with Gasteiger partial charge in [0.05, 0.1) is 5.92 Å². The maximum atomic E-state index is 12.8. The van der Waals surface area contributed by atoms with E-state index in [0.717, 1.165) is 54.5 Å². The number of benzene rings is 1. The summed E-state index contributed by atoms with van der Waals surface area (Å²) in [5, 5.41) is 6.38. The molecule has 2 aliphatic heterocycles. The van der Waals surface area contributed by atoms with E-state index in [1.54, 1.807) is 0 Å². The third kappa shape index (κ3) is 4.96. The van der Waals surface area contributed by atoms with Crippen LogP contribution in [0.3, 0.4) is 0 Å². The van der Waals surface area contributed by atoms with E-state index in [4.69, 9.17) is 0 Å². The number of aryl methyl sites for hydroxylation is 1. The predicted molar refractivity (Wildman–Crippen MR) is 104 cm³/mol. The smallest absolute Gasteiger partial charge is 0.254 e. The fourth-order valence-corrected chi connectivity index (χ4v) is 3.99. The lowest BCUT2D eigenvalue weighted by atomic mass is 9.95. The SMILES string of the molecule is Cc1cc(Br)ccc1C(=O)N1CCCC(C(=O)NC2CCNC2)C1.Cl. The van der Waals surface area contributed by atoms with Crippen LogP contribution in [-0.2, 0) is 4.79 Å². The molecule has 1 aromatic carbocycles. The topological polar surface area (TPSA) is 61.4 Å². The number of halogens is 2. The quantitative estimate of drug-likeness (QED) is 0.774. The highest BCUT2D eigenvalue weighted by atomic mass is 79.9. The van der Waals surface area contributed by atoms with Crippen LogP contribution in [0.1, 0.15) is 35.2 Å². The Kier molecular flexibility index (Phi) is 7.28. The second-order valence-electron chi connectivity index (χ2n) is 6.75. The van der Waals surface area contributed by atoms with Crippen molar-refractivity contribution in [3.05, 3.63) is 33.8 Å². The lowest BCUT2D eigenvalue weighted by Crippen LogP contribution is -2.48. The molecule has 2 N–H and O–H groups in total. The van der Waals surface area contributed by atoms with Crippen molar-refractivity contribution in [1.29, 1.82) is 0 Å². The van der Waals surface area contributed by atoms with Crippen LogP contribution in [0.5, 0.6) is 0 Å². The summed E-state index contributed by atoms with van der Waals surface area (Å²) in [5.74, 6) is 0.0211. The number of amides is 2. The number of rotatable bonds is 3. The van der Waals surface area contributed by atoms with E-state index in [1.807, 2.05) is 30.0 Å². The average molecular weight is 431 g/mol. The van der Waals surface area contributed by atoms with Gasteiger partial charge >= 0.3 is 0 Å². The molecule has 0 aromatic heterocycles. The van der Waals surface area contributed by atoms with Gasteiger partial charge in [0.25, 0.3) is 5.91 Å². The van der Waals surface area contributed by atoms with E-state index in [2.05, 4.69) is 26.6 Å². The molecule has 7 heteroatoms. The maximum absolute atomic E-state index is 12.8. The summed E-state index contributed by atoms with van der Waals surface area (Å²) in [6, 6.07) is 5.93. The van der Waals surface area contributed by atoms with E-state index < -0.39 is 0 Å². The number of likely N-dealkylation sites (tertiary alicyclic amines) is 1. The van der Waals surface area contributed by atoms with Crippen LogP contribution in [-0.4, -0.2) is 48.9 Å². The first-order chi connectivity index (χ1) is 11.5. The summed E-state index contributed by atoms with van der Waals surface area (Å²) in [4.78, 5) is 27.1. The second kappa shape index (κ2) is 9.01. The molecule has 5 nitrogen and oxygen atoms in total. The molecule has 0 radical (unpaired) electrons. The van der Waals surface area contributed by atoms with Gasteiger partial charge in [-0.1, -0.05) is 15.9 Å². The van der Waals surface area contributed by atoms with Gasteiger partial charge in [0.2, 0.25) is 5.91 Å². The van der Waals surface area contributed by atoms with Crippen molar-refractivity contribution in [2.24, 2.45) is 5.92 Å². The monoisotopic (exact) mass is 429 g/mol. The van der Waals surface area contributed by atoms with Crippen molar-refractivity contribution >= 4 is 40.2 Å². The number of carbonyl (C=O) groups excluding carboxylic acids is 2. The van der Waals surface area contributed by atoms with Crippen LogP contribution in [0.15, 0.2) is 22.7 Å². The second-order valence-corrected chi connectivity index (χ2v) is 7.66.